The van der Waals surface area contributed by atoms with Crippen molar-refractivity contribution in [2.75, 3.05) is 5.32 Å². The van der Waals surface area contributed by atoms with E-state index in [1.807, 2.05) is 13.0 Å². The van der Waals surface area contributed by atoms with Crippen molar-refractivity contribution in [3.63, 3.8) is 0 Å². The average Bonchev–Trinajstić information content (AvgIpc) is 3.41. The Balaban J connectivity index is 1.74. The van der Waals surface area contributed by atoms with Gasteiger partial charge in [-0.2, -0.15) is 13.4 Å². The number of nitrogens with zero attached hydrogens (tertiary/aromatic N) is 3. The molecule has 1 aromatic carbocycles. The molecular formula is C18H15ClN4O4S. The highest BCUT2D eigenvalue weighted by Gasteiger charge is 2.25. The molecule has 0 bridgehead atoms. The minimum Gasteiger partial charge on any atom is -0.465 e. The summed E-state index contributed by atoms with van der Waals surface area (Å²) in [6, 6.07) is 12.7. The number of aryl methyl sites for hydroxylation is 1. The van der Waals surface area contributed by atoms with Crippen LogP contribution in [0.3, 0.4) is 0 Å². The number of furan rings is 2. The van der Waals surface area contributed by atoms with Gasteiger partial charge in [0.25, 0.3) is 10.0 Å². The van der Waals surface area contributed by atoms with Gasteiger partial charge in [-0.3, -0.25) is 0 Å². The van der Waals surface area contributed by atoms with Crippen LogP contribution in [-0.2, 0) is 16.6 Å². The van der Waals surface area contributed by atoms with Crippen LogP contribution < -0.4 is 5.32 Å². The Morgan fingerprint density at radius 3 is 2.57 bits per heavy atom. The lowest BCUT2D eigenvalue weighted by atomic mass is 10.4. The monoisotopic (exact) mass is 418 g/mol. The summed E-state index contributed by atoms with van der Waals surface area (Å²) in [4.78, 5) is 4.32. The SMILES string of the molecule is Cc1ccc(CNc2nc(-c3ccco3)nn2S(=O)(=O)c2ccc(Cl)cc2)o1. The van der Waals surface area contributed by atoms with E-state index in [0.717, 1.165) is 9.85 Å². The lowest BCUT2D eigenvalue weighted by molar-refractivity contribution is 0.490. The summed E-state index contributed by atoms with van der Waals surface area (Å²) in [5.41, 5.74) is 0. The second-order valence-electron chi connectivity index (χ2n) is 5.90. The van der Waals surface area contributed by atoms with Gasteiger partial charge >= 0.3 is 0 Å². The van der Waals surface area contributed by atoms with Gasteiger partial charge in [-0.15, -0.1) is 9.19 Å². The molecule has 4 aromatic rings. The normalized spacial score (nSPS) is 11.6. The molecule has 0 unspecified atom stereocenters. The molecule has 0 aliphatic heterocycles. The van der Waals surface area contributed by atoms with Crippen LogP contribution in [0.25, 0.3) is 11.6 Å². The van der Waals surface area contributed by atoms with Gasteiger partial charge in [0.1, 0.15) is 11.5 Å². The van der Waals surface area contributed by atoms with Gasteiger partial charge in [0.2, 0.25) is 11.8 Å². The number of anilines is 1. The second kappa shape index (κ2) is 7.17. The topological polar surface area (TPSA) is 103 Å². The molecule has 3 heterocycles. The van der Waals surface area contributed by atoms with Crippen molar-refractivity contribution in [3.05, 3.63) is 71.3 Å². The first-order valence-corrected chi connectivity index (χ1v) is 10.1. The van der Waals surface area contributed by atoms with Gasteiger partial charge in [-0.1, -0.05) is 11.6 Å². The number of nitrogens with one attached hydrogen (secondary N) is 1. The predicted octanol–water partition coefficient (Wildman–Crippen LogP) is 3.94. The zero-order chi connectivity index (χ0) is 19.7. The fraction of sp³-hybridized carbons (Fsp3) is 0.111. The van der Waals surface area contributed by atoms with E-state index >= 15 is 0 Å². The van der Waals surface area contributed by atoms with Crippen LogP contribution in [0.5, 0.6) is 0 Å². The quantitative estimate of drug-likeness (QED) is 0.505. The van der Waals surface area contributed by atoms with Crippen molar-refractivity contribution in [2.45, 2.75) is 18.4 Å². The summed E-state index contributed by atoms with van der Waals surface area (Å²) in [6.07, 6.45) is 1.46. The van der Waals surface area contributed by atoms with Gasteiger partial charge in [0.15, 0.2) is 5.76 Å². The van der Waals surface area contributed by atoms with Gasteiger partial charge in [0.05, 0.1) is 17.7 Å². The summed E-state index contributed by atoms with van der Waals surface area (Å²) in [6.45, 7) is 2.06. The largest absolute Gasteiger partial charge is 0.465 e. The smallest absolute Gasteiger partial charge is 0.286 e. The zero-order valence-corrected chi connectivity index (χ0v) is 16.2. The molecule has 0 aliphatic rings. The molecule has 0 spiro atoms. The number of aromatic nitrogens is 3. The summed E-state index contributed by atoms with van der Waals surface area (Å²) >= 11 is 5.87. The van der Waals surface area contributed by atoms with E-state index in [0.29, 0.717) is 16.5 Å². The average molecular weight is 419 g/mol. The Morgan fingerprint density at radius 1 is 1.14 bits per heavy atom. The minimum absolute atomic E-state index is 0.0321. The van der Waals surface area contributed by atoms with E-state index in [1.54, 1.807) is 18.2 Å². The number of hydrogen-bond donors (Lipinski definition) is 1. The standard InChI is InChI=1S/C18H15ClN4O4S/c1-12-4-7-14(27-12)11-20-18-21-17(16-3-2-10-26-16)22-23(18)28(24,25)15-8-5-13(19)6-9-15/h2-10H,11H2,1H3,(H,20,21,22). The number of benzene rings is 1. The summed E-state index contributed by atoms with van der Waals surface area (Å²) in [5, 5.41) is 7.53. The Morgan fingerprint density at radius 2 is 1.93 bits per heavy atom. The fourth-order valence-corrected chi connectivity index (χ4v) is 3.86. The summed E-state index contributed by atoms with van der Waals surface area (Å²) in [5.74, 6) is 1.91. The van der Waals surface area contributed by atoms with Crippen LogP contribution in [0.15, 0.2) is 68.5 Å². The van der Waals surface area contributed by atoms with Crippen molar-refractivity contribution < 1.29 is 17.3 Å². The van der Waals surface area contributed by atoms with E-state index in [1.165, 1.54) is 30.5 Å². The third-order valence-corrected chi connectivity index (χ3v) is 5.71. The molecule has 0 amide bonds. The Labute approximate surface area is 165 Å². The first-order valence-electron chi connectivity index (χ1n) is 8.25. The second-order valence-corrected chi connectivity index (χ2v) is 8.11. The maximum absolute atomic E-state index is 13.1. The first-order chi connectivity index (χ1) is 13.4. The first kappa shape index (κ1) is 18.3. The van der Waals surface area contributed by atoms with E-state index < -0.39 is 10.0 Å². The molecule has 8 nitrogen and oxygen atoms in total. The minimum atomic E-state index is -4.01. The predicted molar refractivity (Wildman–Crippen MR) is 103 cm³/mol. The van der Waals surface area contributed by atoms with E-state index in [4.69, 9.17) is 20.4 Å². The van der Waals surface area contributed by atoms with Crippen LogP contribution in [0.4, 0.5) is 5.95 Å². The maximum Gasteiger partial charge on any atom is 0.286 e. The molecule has 3 aromatic heterocycles. The molecule has 0 fully saturated rings. The van der Waals surface area contributed by atoms with E-state index in [2.05, 4.69) is 15.4 Å². The molecular weight excluding hydrogens is 404 g/mol. The third-order valence-electron chi connectivity index (χ3n) is 3.88. The molecule has 1 N–H and O–H groups in total. The Kier molecular flexibility index (Phi) is 4.70. The maximum atomic E-state index is 13.1. The molecule has 0 saturated carbocycles. The highest BCUT2D eigenvalue weighted by Crippen LogP contribution is 2.24. The number of rotatable bonds is 6. The summed E-state index contributed by atoms with van der Waals surface area (Å²) in [7, 11) is -4.01. The fourth-order valence-electron chi connectivity index (χ4n) is 2.54. The van der Waals surface area contributed by atoms with Crippen LogP contribution in [0, 0.1) is 6.92 Å². The van der Waals surface area contributed by atoms with Gasteiger partial charge < -0.3 is 14.2 Å². The van der Waals surface area contributed by atoms with Gasteiger partial charge in [0, 0.05) is 5.02 Å². The Hall–Kier alpha value is -3.04. The van der Waals surface area contributed by atoms with Crippen LogP contribution in [0.1, 0.15) is 11.5 Å². The number of halogens is 1. The molecule has 0 aliphatic carbocycles. The van der Waals surface area contributed by atoms with Gasteiger partial charge in [-0.05, 0) is 55.5 Å². The highest BCUT2D eigenvalue weighted by molar-refractivity contribution is 7.90. The van der Waals surface area contributed by atoms with Crippen molar-refractivity contribution in [3.8, 4) is 11.6 Å². The lowest BCUT2D eigenvalue weighted by Crippen LogP contribution is -2.18. The van der Waals surface area contributed by atoms with Crippen molar-refractivity contribution >= 4 is 27.6 Å². The molecule has 0 atom stereocenters. The lowest BCUT2D eigenvalue weighted by Gasteiger charge is -2.08. The highest BCUT2D eigenvalue weighted by atomic mass is 35.5. The summed E-state index contributed by atoms with van der Waals surface area (Å²) < 4.78 is 37.8. The molecule has 4 rings (SSSR count). The van der Waals surface area contributed by atoms with Crippen LogP contribution in [0.2, 0.25) is 5.02 Å². The third kappa shape index (κ3) is 3.54. The molecule has 10 heteroatoms. The Bertz CT molecular complexity index is 1190. The van der Waals surface area contributed by atoms with Crippen molar-refractivity contribution in [1.29, 1.82) is 0 Å². The van der Waals surface area contributed by atoms with Crippen LogP contribution in [-0.4, -0.2) is 22.6 Å². The van der Waals surface area contributed by atoms with Crippen LogP contribution >= 0.6 is 11.6 Å². The molecule has 144 valence electrons. The number of hydrogen-bond acceptors (Lipinski definition) is 7. The molecule has 0 saturated heterocycles. The molecule has 0 radical (unpaired) electrons. The van der Waals surface area contributed by atoms with Gasteiger partial charge in [-0.25, -0.2) is 0 Å². The zero-order valence-electron chi connectivity index (χ0n) is 14.7. The van der Waals surface area contributed by atoms with E-state index in [-0.39, 0.29) is 23.2 Å². The molecule has 28 heavy (non-hydrogen) atoms. The van der Waals surface area contributed by atoms with E-state index in [9.17, 15) is 8.42 Å². The van der Waals surface area contributed by atoms with Crippen molar-refractivity contribution in [2.24, 2.45) is 0 Å². The van der Waals surface area contributed by atoms with Crippen molar-refractivity contribution in [1.82, 2.24) is 14.2 Å².